The quantitative estimate of drug-likeness (QED) is 0.897. The molecule has 0 amide bonds. The van der Waals surface area contributed by atoms with Gasteiger partial charge in [-0.1, -0.05) is 0 Å². The van der Waals surface area contributed by atoms with Crippen molar-refractivity contribution in [3.8, 4) is 0 Å². The maximum Gasteiger partial charge on any atom is 0.169 e. The first kappa shape index (κ1) is 14.8. The van der Waals surface area contributed by atoms with Gasteiger partial charge < -0.3 is 19.0 Å². The Kier molecular flexibility index (Phi) is 4.77. The first-order chi connectivity index (χ1) is 10.2. The monoisotopic (exact) mass is 353 g/mol. The maximum absolute atomic E-state index is 5.97. The first-order valence-corrected chi connectivity index (χ1v) is 8.07. The molecule has 2 aromatic heterocycles. The van der Waals surface area contributed by atoms with Crippen LogP contribution in [0.1, 0.15) is 30.5 Å². The van der Waals surface area contributed by atoms with Gasteiger partial charge in [-0.15, -0.1) is 0 Å². The highest BCUT2D eigenvalue weighted by Gasteiger charge is 2.29. The summed E-state index contributed by atoms with van der Waals surface area (Å²) in [5.41, 5.74) is 0. The summed E-state index contributed by atoms with van der Waals surface area (Å²) < 4.78 is 14.3. The summed E-state index contributed by atoms with van der Waals surface area (Å²) in [4.78, 5) is 4.44. The van der Waals surface area contributed by atoms with Gasteiger partial charge in [-0.3, -0.25) is 0 Å². The maximum atomic E-state index is 5.97. The lowest BCUT2D eigenvalue weighted by Crippen LogP contribution is -2.32. The van der Waals surface area contributed by atoms with E-state index in [2.05, 4.69) is 26.2 Å². The second-order valence-electron chi connectivity index (χ2n) is 5.43. The minimum atomic E-state index is 0.0783. The molecular formula is C15H20BrN3O2. The molecule has 21 heavy (non-hydrogen) atoms. The summed E-state index contributed by atoms with van der Waals surface area (Å²) in [5.74, 6) is 2.40. The van der Waals surface area contributed by atoms with Crippen molar-refractivity contribution in [2.45, 2.75) is 25.5 Å². The Morgan fingerprint density at radius 1 is 1.48 bits per heavy atom. The SMILES string of the molecule is Cn1ccnc1[C@@H]1OCCC[C@H]1CNCc1ccc(Br)o1. The van der Waals surface area contributed by atoms with Crippen molar-refractivity contribution in [3.05, 3.63) is 40.8 Å². The van der Waals surface area contributed by atoms with E-state index in [0.29, 0.717) is 5.92 Å². The molecule has 2 atom stereocenters. The first-order valence-electron chi connectivity index (χ1n) is 7.28. The predicted octanol–water partition coefficient (Wildman–Crippen LogP) is 3.03. The topological polar surface area (TPSA) is 52.2 Å². The van der Waals surface area contributed by atoms with Crippen LogP contribution in [0.4, 0.5) is 0 Å². The third-order valence-electron chi connectivity index (χ3n) is 3.89. The lowest BCUT2D eigenvalue weighted by molar-refractivity contribution is -0.0345. The van der Waals surface area contributed by atoms with Crippen LogP contribution in [-0.4, -0.2) is 22.7 Å². The highest BCUT2D eigenvalue weighted by atomic mass is 79.9. The van der Waals surface area contributed by atoms with Crippen LogP contribution in [0.15, 0.2) is 33.6 Å². The van der Waals surface area contributed by atoms with Crippen molar-refractivity contribution >= 4 is 15.9 Å². The van der Waals surface area contributed by atoms with Crippen molar-refractivity contribution in [1.82, 2.24) is 14.9 Å². The third kappa shape index (κ3) is 3.56. The van der Waals surface area contributed by atoms with E-state index in [9.17, 15) is 0 Å². The van der Waals surface area contributed by atoms with Gasteiger partial charge in [0, 0.05) is 38.5 Å². The van der Waals surface area contributed by atoms with Crippen molar-refractivity contribution in [2.24, 2.45) is 13.0 Å². The molecule has 0 radical (unpaired) electrons. The van der Waals surface area contributed by atoms with Gasteiger partial charge in [0.1, 0.15) is 17.7 Å². The molecular weight excluding hydrogens is 334 g/mol. The number of ether oxygens (including phenoxy) is 1. The molecule has 0 saturated carbocycles. The van der Waals surface area contributed by atoms with Crippen LogP contribution in [0.25, 0.3) is 0 Å². The molecule has 1 aliphatic heterocycles. The Balaban J connectivity index is 1.58. The van der Waals surface area contributed by atoms with E-state index >= 15 is 0 Å². The second-order valence-corrected chi connectivity index (χ2v) is 6.21. The highest BCUT2D eigenvalue weighted by Crippen LogP contribution is 2.32. The van der Waals surface area contributed by atoms with Crippen LogP contribution in [0.2, 0.25) is 0 Å². The molecule has 3 rings (SSSR count). The Morgan fingerprint density at radius 2 is 2.38 bits per heavy atom. The summed E-state index contributed by atoms with van der Waals surface area (Å²) >= 11 is 3.32. The number of halogens is 1. The van der Waals surface area contributed by atoms with Crippen LogP contribution in [-0.2, 0) is 18.3 Å². The summed E-state index contributed by atoms with van der Waals surface area (Å²) in [6.07, 6.45) is 6.15. The number of hydrogen-bond donors (Lipinski definition) is 1. The predicted molar refractivity (Wildman–Crippen MR) is 82.7 cm³/mol. The molecule has 1 aliphatic rings. The molecule has 0 bridgehead atoms. The Labute approximate surface area is 132 Å². The lowest BCUT2D eigenvalue weighted by Gasteiger charge is -2.31. The van der Waals surface area contributed by atoms with E-state index in [1.54, 1.807) is 0 Å². The summed E-state index contributed by atoms with van der Waals surface area (Å²) in [7, 11) is 2.02. The van der Waals surface area contributed by atoms with Crippen LogP contribution >= 0.6 is 15.9 Å². The third-order valence-corrected chi connectivity index (χ3v) is 4.32. The number of furan rings is 1. The number of hydrogen-bond acceptors (Lipinski definition) is 4. The number of aryl methyl sites for hydroxylation is 1. The molecule has 114 valence electrons. The normalized spacial score (nSPS) is 22.6. The molecule has 5 nitrogen and oxygen atoms in total. The minimum Gasteiger partial charge on any atom is -0.453 e. The number of nitrogens with zero attached hydrogens (tertiary/aromatic N) is 2. The molecule has 1 saturated heterocycles. The Hall–Kier alpha value is -1.11. The molecule has 0 unspecified atom stereocenters. The van der Waals surface area contributed by atoms with E-state index in [-0.39, 0.29) is 6.10 Å². The van der Waals surface area contributed by atoms with E-state index in [4.69, 9.17) is 9.15 Å². The van der Waals surface area contributed by atoms with Crippen LogP contribution in [0, 0.1) is 5.92 Å². The van der Waals surface area contributed by atoms with Crippen molar-refractivity contribution in [3.63, 3.8) is 0 Å². The largest absolute Gasteiger partial charge is 0.453 e. The highest BCUT2D eigenvalue weighted by molar-refractivity contribution is 9.10. The molecule has 1 fully saturated rings. The van der Waals surface area contributed by atoms with E-state index in [0.717, 1.165) is 48.8 Å². The molecule has 3 heterocycles. The van der Waals surface area contributed by atoms with E-state index in [1.807, 2.05) is 36.1 Å². The molecule has 6 heteroatoms. The molecule has 0 aromatic carbocycles. The average Bonchev–Trinajstić information content (AvgIpc) is 3.08. The smallest absolute Gasteiger partial charge is 0.169 e. The van der Waals surface area contributed by atoms with Gasteiger partial charge in [0.15, 0.2) is 4.67 Å². The molecule has 1 N–H and O–H groups in total. The van der Waals surface area contributed by atoms with Gasteiger partial charge in [-0.2, -0.15) is 0 Å². The number of imidazole rings is 1. The van der Waals surface area contributed by atoms with Gasteiger partial charge in [0.05, 0.1) is 6.54 Å². The Morgan fingerprint density at radius 3 is 3.10 bits per heavy atom. The zero-order valence-electron chi connectivity index (χ0n) is 12.1. The fraction of sp³-hybridized carbons (Fsp3) is 0.533. The van der Waals surface area contributed by atoms with Crippen molar-refractivity contribution in [2.75, 3.05) is 13.2 Å². The van der Waals surface area contributed by atoms with Crippen LogP contribution in [0.3, 0.4) is 0 Å². The van der Waals surface area contributed by atoms with Crippen LogP contribution < -0.4 is 5.32 Å². The summed E-state index contributed by atoms with van der Waals surface area (Å²) in [6, 6.07) is 3.89. The molecule has 2 aromatic rings. The number of aromatic nitrogens is 2. The average molecular weight is 354 g/mol. The standard InChI is InChI=1S/C15H20BrN3O2/c1-19-7-6-18-15(19)14-11(3-2-8-20-14)9-17-10-12-4-5-13(16)21-12/h4-7,11,14,17H,2-3,8-10H2,1H3/t11-,14+/m0/s1. The van der Waals surface area contributed by atoms with Gasteiger partial charge >= 0.3 is 0 Å². The fourth-order valence-corrected chi connectivity index (χ4v) is 3.16. The second kappa shape index (κ2) is 6.77. The Bertz CT molecular complexity index is 581. The van der Waals surface area contributed by atoms with Crippen molar-refractivity contribution in [1.29, 1.82) is 0 Å². The zero-order chi connectivity index (χ0) is 14.7. The van der Waals surface area contributed by atoms with E-state index in [1.165, 1.54) is 0 Å². The summed E-state index contributed by atoms with van der Waals surface area (Å²) in [5, 5.41) is 3.46. The lowest BCUT2D eigenvalue weighted by atomic mass is 9.93. The molecule has 0 aliphatic carbocycles. The number of nitrogens with one attached hydrogen (secondary N) is 1. The van der Waals surface area contributed by atoms with Crippen LogP contribution in [0.5, 0.6) is 0 Å². The number of rotatable bonds is 5. The summed E-state index contributed by atoms with van der Waals surface area (Å²) in [6.45, 7) is 2.45. The molecule has 0 spiro atoms. The fourth-order valence-electron chi connectivity index (χ4n) is 2.82. The van der Waals surface area contributed by atoms with Gasteiger partial charge in [0.25, 0.3) is 0 Å². The minimum absolute atomic E-state index is 0.0783. The van der Waals surface area contributed by atoms with Gasteiger partial charge in [-0.25, -0.2) is 4.98 Å². The van der Waals surface area contributed by atoms with Gasteiger partial charge in [-0.05, 0) is 40.9 Å². The zero-order valence-corrected chi connectivity index (χ0v) is 13.7. The van der Waals surface area contributed by atoms with Gasteiger partial charge in [0.2, 0.25) is 0 Å². The van der Waals surface area contributed by atoms with Crippen molar-refractivity contribution < 1.29 is 9.15 Å². The van der Waals surface area contributed by atoms with E-state index < -0.39 is 0 Å².